The number of nitrogens with zero attached hydrogens (tertiary/aromatic N) is 3. The first-order chi connectivity index (χ1) is 14.2. The fourth-order valence-corrected chi connectivity index (χ4v) is 5.01. The molecule has 5 rings (SSSR count). The summed E-state index contributed by atoms with van der Waals surface area (Å²) in [5.74, 6) is 1.16. The van der Waals surface area contributed by atoms with Gasteiger partial charge in [0.05, 0.1) is 28.8 Å². The minimum Gasteiger partial charge on any atom is -0.314 e. The summed E-state index contributed by atoms with van der Waals surface area (Å²) in [6, 6.07) is 17.9. The van der Waals surface area contributed by atoms with Crippen LogP contribution in [-0.4, -0.2) is 19.5 Å². The third-order valence-electron chi connectivity index (χ3n) is 4.56. The van der Waals surface area contributed by atoms with Crippen molar-refractivity contribution in [2.75, 3.05) is 0 Å². The van der Waals surface area contributed by atoms with Gasteiger partial charge in [-0.25, -0.2) is 9.97 Å². The van der Waals surface area contributed by atoms with E-state index in [2.05, 4.69) is 26.7 Å². The van der Waals surface area contributed by atoms with Gasteiger partial charge in [0.2, 0.25) is 0 Å². The van der Waals surface area contributed by atoms with E-state index in [0.29, 0.717) is 27.8 Å². The van der Waals surface area contributed by atoms with E-state index in [1.54, 1.807) is 11.8 Å². The maximum absolute atomic E-state index is 12.2. The van der Waals surface area contributed by atoms with Crippen LogP contribution in [0.15, 0.2) is 69.9 Å². The topological polar surface area (TPSA) is 63.6 Å². The molecular formula is C21H15ClN4OS2. The number of nitrogens with one attached hydrogen (secondary N) is 1. The average Bonchev–Trinajstić information content (AvgIpc) is 3.32. The zero-order valence-electron chi connectivity index (χ0n) is 15.1. The van der Waals surface area contributed by atoms with Gasteiger partial charge in [-0.15, -0.1) is 11.3 Å². The third kappa shape index (κ3) is 3.69. The summed E-state index contributed by atoms with van der Waals surface area (Å²) in [7, 11) is 0. The second kappa shape index (κ2) is 7.67. The lowest BCUT2D eigenvalue weighted by molar-refractivity contribution is 0.730. The molecule has 3 aromatic heterocycles. The summed E-state index contributed by atoms with van der Waals surface area (Å²) in [6.07, 6.45) is 0. The van der Waals surface area contributed by atoms with Crippen LogP contribution >= 0.6 is 34.7 Å². The molecule has 29 heavy (non-hydrogen) atoms. The van der Waals surface area contributed by atoms with Crippen LogP contribution in [0.25, 0.3) is 21.3 Å². The first-order valence-electron chi connectivity index (χ1n) is 8.96. The van der Waals surface area contributed by atoms with E-state index < -0.39 is 0 Å². The van der Waals surface area contributed by atoms with Crippen molar-refractivity contribution >= 4 is 55.9 Å². The van der Waals surface area contributed by atoms with Gasteiger partial charge in [-0.3, -0.25) is 4.79 Å². The van der Waals surface area contributed by atoms with E-state index in [9.17, 15) is 4.79 Å². The van der Waals surface area contributed by atoms with Gasteiger partial charge in [0, 0.05) is 5.02 Å². The number of fused-ring (bicyclic) bond motifs is 2. The molecule has 0 spiro atoms. The van der Waals surface area contributed by atoms with Gasteiger partial charge in [0.25, 0.3) is 5.56 Å². The number of rotatable bonds is 5. The molecule has 3 heterocycles. The molecular weight excluding hydrogens is 424 g/mol. The number of thioether (sulfide) groups is 1. The number of thiophene rings is 1. The second-order valence-electron chi connectivity index (χ2n) is 6.54. The average molecular weight is 439 g/mol. The standard InChI is InChI=1S/C21H15ClN4OS2/c22-14-6-7-17-16(10-14)24-21(26(17)11-13-4-2-1-3-5-13)29-12-18-23-15-8-9-28-19(15)20(27)25-18/h1-10H,11-12H2,(H,23,25,27). The summed E-state index contributed by atoms with van der Waals surface area (Å²) in [4.78, 5) is 24.5. The molecule has 0 aliphatic carbocycles. The number of benzene rings is 2. The Kier molecular flexibility index (Phi) is 4.87. The number of imidazole rings is 1. The molecule has 0 unspecified atom stereocenters. The lowest BCUT2D eigenvalue weighted by Crippen LogP contribution is -2.09. The molecule has 0 saturated heterocycles. The molecule has 5 nitrogen and oxygen atoms in total. The Bertz CT molecular complexity index is 1370. The SMILES string of the molecule is O=c1[nH]c(CSc2nc3cc(Cl)ccc3n2Cc2ccccc2)nc2ccsc12. The fraction of sp³-hybridized carbons (Fsp3) is 0.0952. The van der Waals surface area contributed by atoms with Crippen LogP contribution in [0, 0.1) is 0 Å². The third-order valence-corrected chi connectivity index (χ3v) is 6.69. The normalized spacial score (nSPS) is 11.5. The Morgan fingerprint density at radius 3 is 2.79 bits per heavy atom. The van der Waals surface area contributed by atoms with Crippen molar-refractivity contribution in [3.05, 3.63) is 86.7 Å². The molecule has 144 valence electrons. The minimum atomic E-state index is -0.0924. The smallest absolute Gasteiger partial charge is 0.268 e. The van der Waals surface area contributed by atoms with E-state index in [1.807, 2.05) is 47.8 Å². The molecule has 2 aromatic carbocycles. The Morgan fingerprint density at radius 2 is 1.93 bits per heavy atom. The Labute approximate surface area is 179 Å². The summed E-state index contributed by atoms with van der Waals surface area (Å²) < 4.78 is 2.83. The molecule has 5 aromatic rings. The van der Waals surface area contributed by atoms with E-state index in [1.165, 1.54) is 16.9 Å². The van der Waals surface area contributed by atoms with Gasteiger partial charge in [-0.05, 0) is 35.2 Å². The lowest BCUT2D eigenvalue weighted by atomic mass is 10.2. The highest BCUT2D eigenvalue weighted by molar-refractivity contribution is 7.98. The van der Waals surface area contributed by atoms with Crippen molar-refractivity contribution in [3.63, 3.8) is 0 Å². The lowest BCUT2D eigenvalue weighted by Gasteiger charge is -2.09. The van der Waals surface area contributed by atoms with Crippen molar-refractivity contribution in [2.45, 2.75) is 17.5 Å². The summed E-state index contributed by atoms with van der Waals surface area (Å²) in [6.45, 7) is 0.703. The number of aromatic amines is 1. The van der Waals surface area contributed by atoms with Crippen molar-refractivity contribution < 1.29 is 0 Å². The number of halogens is 1. The van der Waals surface area contributed by atoms with E-state index in [4.69, 9.17) is 16.6 Å². The molecule has 8 heteroatoms. The number of hydrogen-bond donors (Lipinski definition) is 1. The van der Waals surface area contributed by atoms with Crippen LogP contribution in [0.4, 0.5) is 0 Å². The maximum Gasteiger partial charge on any atom is 0.268 e. The van der Waals surface area contributed by atoms with E-state index in [-0.39, 0.29) is 5.56 Å². The van der Waals surface area contributed by atoms with Crippen LogP contribution in [0.2, 0.25) is 5.02 Å². The molecule has 0 atom stereocenters. The molecule has 0 bridgehead atoms. The Balaban J connectivity index is 1.51. The maximum atomic E-state index is 12.2. The highest BCUT2D eigenvalue weighted by Gasteiger charge is 2.14. The van der Waals surface area contributed by atoms with Gasteiger partial charge >= 0.3 is 0 Å². The van der Waals surface area contributed by atoms with Crippen LogP contribution in [-0.2, 0) is 12.3 Å². The van der Waals surface area contributed by atoms with E-state index >= 15 is 0 Å². The Morgan fingerprint density at radius 1 is 1.07 bits per heavy atom. The first kappa shape index (κ1) is 18.4. The quantitative estimate of drug-likeness (QED) is 0.377. The Hall–Kier alpha value is -2.61. The highest BCUT2D eigenvalue weighted by Crippen LogP contribution is 2.29. The van der Waals surface area contributed by atoms with Crippen molar-refractivity contribution in [1.29, 1.82) is 0 Å². The molecule has 0 aliphatic rings. The summed E-state index contributed by atoms with van der Waals surface area (Å²) >= 11 is 9.12. The number of H-pyrrole nitrogens is 1. The molecule has 0 saturated carbocycles. The molecule has 0 fully saturated rings. The largest absolute Gasteiger partial charge is 0.314 e. The minimum absolute atomic E-state index is 0.0924. The van der Waals surface area contributed by atoms with Crippen molar-refractivity contribution in [3.8, 4) is 0 Å². The second-order valence-corrected chi connectivity index (χ2v) is 8.83. The van der Waals surface area contributed by atoms with Gasteiger partial charge in [0.1, 0.15) is 10.5 Å². The summed E-state index contributed by atoms with van der Waals surface area (Å²) in [5.41, 5.74) is 3.71. The zero-order chi connectivity index (χ0) is 19.8. The van der Waals surface area contributed by atoms with Crippen LogP contribution < -0.4 is 5.56 Å². The van der Waals surface area contributed by atoms with Crippen molar-refractivity contribution in [1.82, 2.24) is 19.5 Å². The van der Waals surface area contributed by atoms with Crippen LogP contribution in [0.1, 0.15) is 11.4 Å². The van der Waals surface area contributed by atoms with Crippen molar-refractivity contribution in [2.24, 2.45) is 0 Å². The van der Waals surface area contributed by atoms with Crippen LogP contribution in [0.5, 0.6) is 0 Å². The fourth-order valence-electron chi connectivity index (χ4n) is 3.23. The molecule has 1 N–H and O–H groups in total. The summed E-state index contributed by atoms with van der Waals surface area (Å²) in [5, 5.41) is 3.40. The van der Waals surface area contributed by atoms with E-state index in [0.717, 1.165) is 21.7 Å². The van der Waals surface area contributed by atoms with Gasteiger partial charge in [-0.2, -0.15) is 0 Å². The van der Waals surface area contributed by atoms with Gasteiger partial charge < -0.3 is 9.55 Å². The predicted molar refractivity (Wildman–Crippen MR) is 120 cm³/mol. The van der Waals surface area contributed by atoms with Gasteiger partial charge in [0.15, 0.2) is 5.16 Å². The van der Waals surface area contributed by atoms with Gasteiger partial charge in [-0.1, -0.05) is 53.7 Å². The number of aromatic nitrogens is 4. The highest BCUT2D eigenvalue weighted by atomic mass is 35.5. The van der Waals surface area contributed by atoms with Crippen LogP contribution in [0.3, 0.4) is 0 Å². The molecule has 0 radical (unpaired) electrons. The zero-order valence-corrected chi connectivity index (χ0v) is 17.5. The molecule has 0 amide bonds. The number of hydrogen-bond acceptors (Lipinski definition) is 5. The molecule has 0 aliphatic heterocycles. The first-order valence-corrected chi connectivity index (χ1v) is 11.2. The predicted octanol–water partition coefficient (Wildman–Crippen LogP) is 5.33. The monoisotopic (exact) mass is 438 g/mol.